The van der Waals surface area contributed by atoms with Crippen molar-refractivity contribution in [2.75, 3.05) is 26.9 Å². The average molecular weight is 281 g/mol. The number of hydrogen-bond acceptors (Lipinski definition) is 4. The molecule has 4 nitrogen and oxygen atoms in total. The number of benzene rings is 1. The van der Waals surface area contributed by atoms with Crippen molar-refractivity contribution < 1.29 is 18.7 Å². The lowest BCUT2D eigenvalue weighted by molar-refractivity contribution is -0.150. The fourth-order valence-electron chi connectivity index (χ4n) is 2.17. The maximum absolute atomic E-state index is 13.0. The first kappa shape index (κ1) is 14.9. The van der Waals surface area contributed by atoms with Crippen LogP contribution in [0.2, 0.25) is 0 Å². The van der Waals surface area contributed by atoms with Crippen molar-refractivity contribution in [1.82, 2.24) is 0 Å². The molecule has 0 radical (unpaired) electrons. The normalized spacial score (nSPS) is 17.6. The molecule has 0 heterocycles. The fourth-order valence-corrected chi connectivity index (χ4v) is 2.17. The zero-order chi connectivity index (χ0) is 14.6. The summed E-state index contributed by atoms with van der Waals surface area (Å²) in [5, 5.41) is 0. The van der Waals surface area contributed by atoms with Gasteiger partial charge in [0.05, 0.1) is 13.7 Å². The molecule has 1 fully saturated rings. The lowest BCUT2D eigenvalue weighted by Gasteiger charge is -2.29. The highest BCUT2D eigenvalue weighted by Gasteiger charge is 2.41. The predicted octanol–water partition coefficient (Wildman–Crippen LogP) is 1.62. The van der Waals surface area contributed by atoms with E-state index in [9.17, 15) is 9.18 Å². The van der Waals surface area contributed by atoms with E-state index < -0.39 is 11.4 Å². The summed E-state index contributed by atoms with van der Waals surface area (Å²) in [7, 11) is 1.32. The van der Waals surface area contributed by atoms with Crippen LogP contribution in [0.4, 0.5) is 4.39 Å². The van der Waals surface area contributed by atoms with Crippen LogP contribution in [0.1, 0.15) is 18.4 Å². The second-order valence-corrected chi connectivity index (χ2v) is 5.24. The minimum atomic E-state index is -1.07. The summed E-state index contributed by atoms with van der Waals surface area (Å²) in [5.74, 6) is -0.220. The van der Waals surface area contributed by atoms with Crippen molar-refractivity contribution in [1.29, 1.82) is 0 Å². The third kappa shape index (κ3) is 3.16. The van der Waals surface area contributed by atoms with Crippen molar-refractivity contribution in [2.45, 2.75) is 18.3 Å². The summed E-state index contributed by atoms with van der Waals surface area (Å²) in [6.07, 6.45) is 2.34. The Morgan fingerprint density at radius 3 is 2.55 bits per heavy atom. The standard InChI is InChI=1S/C15H20FNO3/c1-19-14(18)15(9-17,10-20-8-11-2-3-11)12-4-6-13(16)7-5-12/h4-7,11H,2-3,8-10,17H2,1H3. The second kappa shape index (κ2) is 6.33. The highest BCUT2D eigenvalue weighted by Crippen LogP contribution is 2.31. The number of carbonyl (C=O) groups excluding carboxylic acids is 1. The smallest absolute Gasteiger partial charge is 0.319 e. The van der Waals surface area contributed by atoms with E-state index in [-0.39, 0.29) is 19.0 Å². The minimum absolute atomic E-state index is 0.0516. The number of methoxy groups -OCH3 is 1. The molecule has 110 valence electrons. The summed E-state index contributed by atoms with van der Waals surface area (Å²) >= 11 is 0. The Balaban J connectivity index is 2.20. The summed E-state index contributed by atoms with van der Waals surface area (Å²) in [5.41, 5.74) is 5.36. The van der Waals surface area contributed by atoms with Crippen LogP contribution < -0.4 is 5.73 Å². The average Bonchev–Trinajstić information content (AvgIpc) is 3.28. The molecule has 5 heteroatoms. The van der Waals surface area contributed by atoms with Crippen LogP contribution in [-0.4, -0.2) is 32.8 Å². The molecule has 20 heavy (non-hydrogen) atoms. The van der Waals surface area contributed by atoms with Crippen molar-refractivity contribution in [3.8, 4) is 0 Å². The molecule has 0 saturated heterocycles. The second-order valence-electron chi connectivity index (χ2n) is 5.24. The Hall–Kier alpha value is -1.46. The summed E-state index contributed by atoms with van der Waals surface area (Å²) in [4.78, 5) is 12.2. The molecule has 0 aromatic heterocycles. The van der Waals surface area contributed by atoms with Gasteiger partial charge in [0.15, 0.2) is 0 Å². The van der Waals surface area contributed by atoms with E-state index in [1.54, 1.807) is 12.1 Å². The summed E-state index contributed by atoms with van der Waals surface area (Å²) < 4.78 is 23.6. The van der Waals surface area contributed by atoms with E-state index in [1.165, 1.54) is 32.1 Å². The van der Waals surface area contributed by atoms with Gasteiger partial charge in [-0.2, -0.15) is 0 Å². The summed E-state index contributed by atoms with van der Waals surface area (Å²) in [6.45, 7) is 0.828. The minimum Gasteiger partial charge on any atom is -0.468 e. The van der Waals surface area contributed by atoms with Gasteiger partial charge in [0.25, 0.3) is 0 Å². The molecule has 2 N–H and O–H groups in total. The lowest BCUT2D eigenvalue weighted by atomic mass is 9.81. The zero-order valence-electron chi connectivity index (χ0n) is 11.6. The van der Waals surface area contributed by atoms with E-state index in [0.29, 0.717) is 18.1 Å². The summed E-state index contributed by atoms with van der Waals surface area (Å²) in [6, 6.07) is 5.73. The van der Waals surface area contributed by atoms with Gasteiger partial charge >= 0.3 is 5.97 Å². The van der Waals surface area contributed by atoms with Gasteiger partial charge in [-0.05, 0) is 36.5 Å². The predicted molar refractivity (Wildman–Crippen MR) is 72.7 cm³/mol. The molecule has 1 atom stereocenters. The van der Waals surface area contributed by atoms with Crippen LogP contribution in [0.5, 0.6) is 0 Å². The Morgan fingerprint density at radius 1 is 1.40 bits per heavy atom. The van der Waals surface area contributed by atoms with E-state index in [4.69, 9.17) is 15.2 Å². The van der Waals surface area contributed by atoms with Gasteiger partial charge in [-0.25, -0.2) is 4.39 Å². The molecule has 1 aliphatic carbocycles. The zero-order valence-corrected chi connectivity index (χ0v) is 11.6. The Kier molecular flexibility index (Phi) is 4.73. The molecule has 2 rings (SSSR count). The Bertz CT molecular complexity index is 459. The van der Waals surface area contributed by atoms with Gasteiger partial charge in [0, 0.05) is 13.2 Å². The van der Waals surface area contributed by atoms with E-state index in [2.05, 4.69) is 0 Å². The van der Waals surface area contributed by atoms with Crippen molar-refractivity contribution in [2.24, 2.45) is 11.7 Å². The first-order valence-corrected chi connectivity index (χ1v) is 6.74. The third-order valence-electron chi connectivity index (χ3n) is 3.72. The van der Waals surface area contributed by atoms with Crippen molar-refractivity contribution >= 4 is 5.97 Å². The van der Waals surface area contributed by atoms with E-state index in [0.717, 1.165) is 0 Å². The van der Waals surface area contributed by atoms with Gasteiger partial charge in [0.1, 0.15) is 11.2 Å². The molecule has 1 saturated carbocycles. The molecule has 1 aliphatic rings. The first-order chi connectivity index (χ1) is 9.62. The van der Waals surface area contributed by atoms with E-state index >= 15 is 0 Å². The van der Waals surface area contributed by atoms with Crippen LogP contribution in [0.15, 0.2) is 24.3 Å². The fraction of sp³-hybridized carbons (Fsp3) is 0.533. The molecule has 0 bridgehead atoms. The molecule has 1 aromatic rings. The SMILES string of the molecule is COC(=O)C(CN)(COCC1CC1)c1ccc(F)cc1. The Labute approximate surface area is 118 Å². The Morgan fingerprint density at radius 2 is 2.05 bits per heavy atom. The number of nitrogens with two attached hydrogens (primary N) is 1. The lowest BCUT2D eigenvalue weighted by Crippen LogP contribution is -2.47. The molecule has 1 unspecified atom stereocenters. The number of ether oxygens (including phenoxy) is 2. The van der Waals surface area contributed by atoms with Crippen LogP contribution >= 0.6 is 0 Å². The number of rotatable bonds is 7. The molecule has 0 amide bonds. The van der Waals surface area contributed by atoms with Crippen LogP contribution in [0.3, 0.4) is 0 Å². The first-order valence-electron chi connectivity index (χ1n) is 6.74. The van der Waals surface area contributed by atoms with Gasteiger partial charge in [-0.3, -0.25) is 4.79 Å². The van der Waals surface area contributed by atoms with Gasteiger partial charge in [-0.1, -0.05) is 12.1 Å². The highest BCUT2D eigenvalue weighted by atomic mass is 19.1. The number of esters is 1. The quantitative estimate of drug-likeness (QED) is 0.772. The molecule has 1 aromatic carbocycles. The van der Waals surface area contributed by atoms with Gasteiger partial charge in [-0.15, -0.1) is 0 Å². The van der Waals surface area contributed by atoms with Crippen molar-refractivity contribution in [3.05, 3.63) is 35.6 Å². The maximum atomic E-state index is 13.0. The number of carbonyl (C=O) groups is 1. The molecule has 0 spiro atoms. The van der Waals surface area contributed by atoms with Gasteiger partial charge < -0.3 is 15.2 Å². The van der Waals surface area contributed by atoms with Crippen molar-refractivity contribution in [3.63, 3.8) is 0 Å². The maximum Gasteiger partial charge on any atom is 0.319 e. The molecular formula is C15H20FNO3. The largest absolute Gasteiger partial charge is 0.468 e. The van der Waals surface area contributed by atoms with Crippen LogP contribution in [0, 0.1) is 11.7 Å². The molecule has 0 aliphatic heterocycles. The van der Waals surface area contributed by atoms with E-state index in [1.807, 2.05) is 0 Å². The third-order valence-corrected chi connectivity index (χ3v) is 3.72. The highest BCUT2D eigenvalue weighted by molar-refractivity contribution is 5.83. The number of halogens is 1. The topological polar surface area (TPSA) is 61.5 Å². The van der Waals surface area contributed by atoms with Crippen LogP contribution in [-0.2, 0) is 19.7 Å². The van der Waals surface area contributed by atoms with Gasteiger partial charge in [0.2, 0.25) is 0 Å². The monoisotopic (exact) mass is 281 g/mol. The number of hydrogen-bond donors (Lipinski definition) is 1. The molecular weight excluding hydrogens is 261 g/mol. The van der Waals surface area contributed by atoms with Crippen LogP contribution in [0.25, 0.3) is 0 Å².